The number of halogens is 2. The third kappa shape index (κ3) is 27.2. The lowest BCUT2D eigenvalue weighted by atomic mass is 9.81. The van der Waals surface area contributed by atoms with Crippen molar-refractivity contribution >= 4 is 101 Å². The highest BCUT2D eigenvalue weighted by atomic mass is 32.2. The number of carbonyl (C=O) groups is 7. The lowest BCUT2D eigenvalue weighted by Crippen LogP contribution is -2.47. The monoisotopic (exact) mass is 1800 g/mol. The zero-order chi connectivity index (χ0) is 90.3. The number of amides is 6. The van der Waals surface area contributed by atoms with Gasteiger partial charge in [-0.3, -0.25) is 37.6 Å². The van der Waals surface area contributed by atoms with Gasteiger partial charge in [0.25, 0.3) is 42.2 Å². The van der Waals surface area contributed by atoms with Crippen molar-refractivity contribution in [2.24, 2.45) is 0 Å². The number of likely N-dealkylation sites (tertiary alicyclic amines) is 1. The first kappa shape index (κ1) is 97.3. The molecule has 0 saturated carbocycles. The molecule has 0 radical (unpaired) electrons. The number of aliphatic carboxylic acids is 1. The van der Waals surface area contributed by atoms with Gasteiger partial charge in [0.15, 0.2) is 5.71 Å². The molecule has 4 aliphatic rings. The first-order chi connectivity index (χ1) is 58.7. The number of methoxy groups -OCH3 is 2. The number of allylic oxidation sites excluding steroid dienone is 7. The second-order valence-electron chi connectivity index (χ2n) is 30.8. The maximum atomic E-state index is 14.7. The molecule has 1 fully saturated rings. The van der Waals surface area contributed by atoms with E-state index in [-0.39, 0.29) is 100 Å². The number of carboxylic acids is 1. The number of ether oxygens (including phenoxy) is 5. The smallest absolute Gasteiger partial charge is 0.326 e. The number of nitriles is 1. The standard InChI is InChI=1S/C84H101F2N9O25S4/c1-82(2)65-47-63(123(108,109)110)27-29-68(65)93(36-7-9-42-121-120-119-104)72(82)31-21-57-12-11-13-58(22-32-73-83(3,4)66-48-64(124(111,112)113)28-30-69(66)94(73)37-8-10-43-122(105,106)107)78(57)118-61-24-18-54(19-25-61)44-67(80(101)102)92-74(96)34-38-116-40-41-117-39-35-88-75(97)45-55-14-16-56(17-15-55)51-90-81(103)91-60(50-87)23-33-76(98)95-53-84(85,86)49-70(95)77(99)79(100)89-52-59-20-26-62(114-5)46-71(59)115-6/h14-22,24-32,46-48,60,67,70H,7-13,23,33-45,49,51-53H2,1-6H3,(H9-,88,89,90,91,92,96,97,100,101,102,103,104,105,106,107,108,109,110,111,112,113)/p+1/t60-,67-,70-/m0/s1. The van der Waals surface area contributed by atoms with Gasteiger partial charge in [0.05, 0.1) is 80.6 Å². The highest BCUT2D eigenvalue weighted by molar-refractivity contribution is 7.94. The van der Waals surface area contributed by atoms with E-state index in [1.165, 1.54) is 38.5 Å². The van der Waals surface area contributed by atoms with Crippen LogP contribution in [-0.4, -0.2) is 208 Å². The predicted molar refractivity (Wildman–Crippen MR) is 449 cm³/mol. The van der Waals surface area contributed by atoms with Gasteiger partial charge < -0.3 is 65.2 Å². The summed E-state index contributed by atoms with van der Waals surface area (Å²) in [7, 11) is -10.7. The fourth-order valence-electron chi connectivity index (χ4n) is 14.8. The van der Waals surface area contributed by atoms with Gasteiger partial charge in [-0.15, -0.1) is 4.33 Å². The molecule has 3 aliphatic heterocycles. The average Bonchev–Trinajstić information content (AvgIpc) is 1.59. The number of anilines is 1. The van der Waals surface area contributed by atoms with E-state index in [2.05, 4.69) is 40.9 Å². The molecule has 0 bridgehead atoms. The minimum absolute atomic E-state index is 0.00546. The molecule has 10 N–H and O–H groups in total. The topological polar surface area (TPSA) is 481 Å². The van der Waals surface area contributed by atoms with Crippen LogP contribution in [0, 0.1) is 11.3 Å². The molecule has 124 heavy (non-hydrogen) atoms. The largest absolute Gasteiger partial charge is 0.497 e. The Morgan fingerprint density at radius 3 is 2.06 bits per heavy atom. The quantitative estimate of drug-likeness (QED) is 0.00330. The van der Waals surface area contributed by atoms with E-state index < -0.39 is 126 Å². The number of alkyl halides is 2. The number of carboxylic acid groups (broad SMARTS) is 1. The van der Waals surface area contributed by atoms with Gasteiger partial charge in [-0.2, -0.15) is 35.1 Å². The fraction of sp³-hybridized carbons (Fsp3) is 0.440. The summed E-state index contributed by atoms with van der Waals surface area (Å²) in [6, 6.07) is 23.5. The summed E-state index contributed by atoms with van der Waals surface area (Å²) < 4.78 is 168. The van der Waals surface area contributed by atoms with Crippen molar-refractivity contribution in [1.82, 2.24) is 31.5 Å². The number of unbranched alkanes of at least 4 members (excludes halogenated alkanes) is 2. The number of fused-ring (bicyclic) bond motifs is 2. The molecular weight excluding hydrogens is 1700 g/mol. The zero-order valence-corrected chi connectivity index (χ0v) is 72.4. The van der Waals surface area contributed by atoms with Crippen LogP contribution < -0.4 is 45.7 Å². The van der Waals surface area contributed by atoms with Crippen LogP contribution in [0.4, 0.5) is 25.0 Å². The molecule has 3 heterocycles. The molecule has 5 aromatic carbocycles. The second-order valence-corrected chi connectivity index (χ2v) is 36.0. The normalized spacial score (nSPS) is 17.1. The number of ketones is 1. The van der Waals surface area contributed by atoms with Crippen molar-refractivity contribution < 1.29 is 129 Å². The Morgan fingerprint density at radius 1 is 0.710 bits per heavy atom. The Bertz CT molecular complexity index is 5310. The van der Waals surface area contributed by atoms with E-state index in [1.807, 2.05) is 62.6 Å². The maximum absolute atomic E-state index is 14.7. The van der Waals surface area contributed by atoms with E-state index in [4.69, 9.17) is 28.9 Å². The van der Waals surface area contributed by atoms with E-state index >= 15 is 0 Å². The van der Waals surface area contributed by atoms with Crippen LogP contribution in [0.2, 0.25) is 0 Å². The zero-order valence-electron chi connectivity index (χ0n) is 69.1. The second kappa shape index (κ2) is 43.9. The van der Waals surface area contributed by atoms with Gasteiger partial charge in [-0.1, -0.05) is 61.4 Å². The summed E-state index contributed by atoms with van der Waals surface area (Å²) in [6.07, 6.45) is 8.72. The van der Waals surface area contributed by atoms with Crippen molar-refractivity contribution in [3.05, 3.63) is 183 Å². The average molecular weight is 1800 g/mol. The van der Waals surface area contributed by atoms with Crippen LogP contribution in [-0.2, 0) is 115 Å². The highest BCUT2D eigenvalue weighted by Crippen LogP contribution is 2.50. The Balaban J connectivity index is 0.747. The van der Waals surface area contributed by atoms with Crippen LogP contribution in [0.3, 0.4) is 0 Å². The number of hydrogen-bond acceptors (Lipinski definition) is 24. The number of Topliss-reactive ketones (excluding diaryl/α,β-unsaturated/α-hetero) is 1. The summed E-state index contributed by atoms with van der Waals surface area (Å²) in [6.45, 7) is 7.40. The van der Waals surface area contributed by atoms with Crippen molar-refractivity contribution in [1.29, 1.82) is 5.26 Å². The molecule has 3 atom stereocenters. The minimum atomic E-state index is -4.63. The summed E-state index contributed by atoms with van der Waals surface area (Å²) in [4.78, 5) is 92.8. The van der Waals surface area contributed by atoms with Gasteiger partial charge in [0.2, 0.25) is 29.2 Å². The van der Waals surface area contributed by atoms with Gasteiger partial charge >= 0.3 is 12.0 Å². The highest BCUT2D eigenvalue weighted by Gasteiger charge is 2.52. The lowest BCUT2D eigenvalue weighted by molar-refractivity contribution is -0.438. The van der Waals surface area contributed by atoms with Crippen molar-refractivity contribution in [2.45, 2.75) is 169 Å². The number of urea groups is 1. The number of nitrogens with one attached hydrogen (secondary N) is 5. The Kier molecular flexibility index (Phi) is 34.4. The Hall–Kier alpha value is -10.6. The molecule has 670 valence electrons. The number of benzene rings is 5. The predicted octanol–water partition coefficient (Wildman–Crippen LogP) is 9.26. The van der Waals surface area contributed by atoms with Crippen LogP contribution in [0.5, 0.6) is 17.2 Å². The molecule has 5 aromatic rings. The van der Waals surface area contributed by atoms with E-state index in [0.29, 0.717) is 129 Å². The fourth-order valence-corrected chi connectivity index (χ4v) is 16.9. The number of carbonyl (C=O) groups excluding carboxylic acids is 6. The first-order valence-electron chi connectivity index (χ1n) is 39.7. The van der Waals surface area contributed by atoms with Crippen LogP contribution in [0.1, 0.15) is 132 Å². The van der Waals surface area contributed by atoms with Crippen molar-refractivity contribution in [2.75, 3.05) is 83.2 Å². The summed E-state index contributed by atoms with van der Waals surface area (Å²) in [5.74, 6) is -7.46. The van der Waals surface area contributed by atoms with Crippen LogP contribution in [0.25, 0.3) is 0 Å². The number of rotatable bonds is 46. The number of hydrogen-bond donors (Lipinski definition) is 10. The number of nitrogens with zero attached hydrogens (tertiary/aromatic N) is 4. The molecule has 6 amide bonds. The van der Waals surface area contributed by atoms with Crippen LogP contribution >= 0.6 is 12.0 Å². The van der Waals surface area contributed by atoms with E-state index in [0.717, 1.165) is 28.9 Å². The molecule has 0 unspecified atom stereocenters. The molecule has 1 saturated heterocycles. The van der Waals surface area contributed by atoms with Gasteiger partial charge in [-0.25, -0.2) is 23.6 Å². The van der Waals surface area contributed by atoms with Gasteiger partial charge in [0, 0.05) is 122 Å². The minimum Gasteiger partial charge on any atom is -0.497 e. The molecule has 34 nitrogen and oxygen atoms in total. The Morgan fingerprint density at radius 2 is 1.39 bits per heavy atom. The summed E-state index contributed by atoms with van der Waals surface area (Å²) >= 11 is 0.915. The maximum Gasteiger partial charge on any atom is 0.326 e. The molecule has 0 spiro atoms. The van der Waals surface area contributed by atoms with E-state index in [1.54, 1.807) is 78.9 Å². The first-order valence-corrected chi connectivity index (χ1v) is 45.1. The van der Waals surface area contributed by atoms with Gasteiger partial charge in [-0.05, 0) is 159 Å². The van der Waals surface area contributed by atoms with Crippen molar-refractivity contribution in [3.8, 4) is 23.3 Å². The van der Waals surface area contributed by atoms with E-state index in [9.17, 15) is 91.6 Å². The molecule has 1 aliphatic carbocycles. The summed E-state index contributed by atoms with van der Waals surface area (Å²) in [5.41, 5.74) is 5.99. The van der Waals surface area contributed by atoms with Gasteiger partial charge in [0.1, 0.15) is 47.7 Å². The Labute approximate surface area is 721 Å². The molecule has 40 heteroatoms. The SMILES string of the molecule is COc1ccc(CNC(=O)C(=O)[C@@H]2CC(F)(F)CN2C(=O)CC[C@@H](C#N)NC(=O)NCc2ccc(CC(=O)NCCOCCOCCC(=O)N[C@@H](Cc3ccc(OC4=C(/C=C/C5=[N+](CCCCS(=O)(=O)O)c6ccc(S(=O)(=O)O)cc6C5(C)C)CCC/C4=C\C=C4\N(CCCCSOOO)c5ccc(S(=O)(=O)O)cc5C4(C)C)cc3)C(=O)O)cc2)c(OC)c1. The summed E-state index contributed by atoms with van der Waals surface area (Å²) in [5, 5.41) is 45.2. The lowest BCUT2D eigenvalue weighted by Gasteiger charge is -2.27. The molecule has 0 aromatic heterocycles. The van der Waals surface area contributed by atoms with Crippen LogP contribution in [0.15, 0.2) is 160 Å². The third-order valence-electron chi connectivity index (χ3n) is 21.3. The molecule has 9 rings (SSSR count). The third-order valence-corrected chi connectivity index (χ3v) is 24.4. The molecular formula is C84H102F2N9O25S4+. The van der Waals surface area contributed by atoms with Crippen molar-refractivity contribution in [3.63, 3.8) is 0 Å².